The van der Waals surface area contributed by atoms with E-state index in [0.717, 1.165) is 25.9 Å². The molecule has 86 valence electrons. The van der Waals surface area contributed by atoms with Gasteiger partial charge < -0.3 is 10.0 Å². The highest BCUT2D eigenvalue weighted by Gasteiger charge is 2.17. The molecule has 0 atom stereocenters. The van der Waals surface area contributed by atoms with Crippen LogP contribution >= 0.6 is 0 Å². The maximum Gasteiger partial charge on any atom is 0.219 e. The Morgan fingerprint density at radius 3 is 1.79 bits per heavy atom. The van der Waals surface area contributed by atoms with Crippen LogP contribution in [0.4, 0.5) is 0 Å². The highest BCUT2D eigenvalue weighted by Crippen LogP contribution is 2.09. The fourth-order valence-electron chi connectivity index (χ4n) is 1.18. The van der Waals surface area contributed by atoms with Gasteiger partial charge in [-0.1, -0.05) is 27.7 Å². The topological polar surface area (TPSA) is 40.5 Å². The van der Waals surface area contributed by atoms with E-state index >= 15 is 0 Å². The first kappa shape index (κ1) is 15.9. The smallest absolute Gasteiger partial charge is 0.219 e. The molecule has 0 unspecified atom stereocenters. The third kappa shape index (κ3) is 6.89. The van der Waals surface area contributed by atoms with Crippen LogP contribution in [-0.2, 0) is 4.79 Å². The molecule has 1 aliphatic heterocycles. The third-order valence-electron chi connectivity index (χ3n) is 1.91. The van der Waals surface area contributed by atoms with Gasteiger partial charge >= 0.3 is 0 Å². The van der Waals surface area contributed by atoms with Gasteiger partial charge in [0, 0.05) is 20.0 Å². The van der Waals surface area contributed by atoms with Crippen molar-refractivity contribution in [2.24, 2.45) is 0 Å². The average molecular weight is 203 g/mol. The molecule has 0 aliphatic carbocycles. The maximum absolute atomic E-state index is 10.7. The minimum Gasteiger partial charge on any atom is -0.393 e. The van der Waals surface area contributed by atoms with E-state index in [-0.39, 0.29) is 12.0 Å². The van der Waals surface area contributed by atoms with Crippen LogP contribution in [0.5, 0.6) is 0 Å². The second-order valence-corrected chi connectivity index (χ2v) is 2.74. The van der Waals surface area contributed by atoms with Crippen molar-refractivity contribution in [3.05, 3.63) is 0 Å². The van der Waals surface area contributed by atoms with E-state index in [4.69, 9.17) is 5.11 Å². The van der Waals surface area contributed by atoms with Crippen LogP contribution in [0.2, 0.25) is 0 Å². The van der Waals surface area contributed by atoms with E-state index in [0.29, 0.717) is 0 Å². The summed E-state index contributed by atoms with van der Waals surface area (Å²) in [7, 11) is 0. The molecule has 0 spiro atoms. The molecule has 1 amide bonds. The molecular formula is C11H25NO2. The van der Waals surface area contributed by atoms with Gasteiger partial charge in [0.05, 0.1) is 6.10 Å². The monoisotopic (exact) mass is 203 g/mol. The predicted octanol–water partition coefficient (Wildman–Crippen LogP) is 2.04. The Morgan fingerprint density at radius 2 is 1.50 bits per heavy atom. The minimum atomic E-state index is -0.185. The first-order chi connectivity index (χ1) is 6.70. The van der Waals surface area contributed by atoms with Crippen LogP contribution in [0, 0.1) is 0 Å². The summed E-state index contributed by atoms with van der Waals surface area (Å²) < 4.78 is 0. The van der Waals surface area contributed by atoms with Gasteiger partial charge in [-0.05, 0) is 12.8 Å². The fourth-order valence-corrected chi connectivity index (χ4v) is 1.18. The normalized spacial score (nSPS) is 16.0. The van der Waals surface area contributed by atoms with Gasteiger partial charge in [0.15, 0.2) is 0 Å². The lowest BCUT2D eigenvalue weighted by atomic mass is 10.1. The maximum atomic E-state index is 10.7. The summed E-state index contributed by atoms with van der Waals surface area (Å²) in [5.74, 6) is 0.118. The molecule has 1 aliphatic rings. The first-order valence-electron chi connectivity index (χ1n) is 5.63. The number of rotatable bonds is 0. The van der Waals surface area contributed by atoms with Crippen molar-refractivity contribution in [1.82, 2.24) is 4.90 Å². The largest absolute Gasteiger partial charge is 0.393 e. The number of aliphatic hydroxyl groups excluding tert-OH is 1. The fraction of sp³-hybridized carbons (Fsp3) is 0.909. The van der Waals surface area contributed by atoms with Gasteiger partial charge in [0.1, 0.15) is 0 Å². The summed E-state index contributed by atoms with van der Waals surface area (Å²) in [5.41, 5.74) is 0. The molecule has 0 radical (unpaired) electrons. The van der Waals surface area contributed by atoms with Crippen LogP contribution in [0.15, 0.2) is 0 Å². The van der Waals surface area contributed by atoms with Crippen molar-refractivity contribution < 1.29 is 9.90 Å². The molecule has 0 aromatic rings. The number of carbonyl (C=O) groups excluding carboxylic acids is 1. The Labute approximate surface area is 88.1 Å². The number of amides is 1. The Bertz CT molecular complexity index is 129. The van der Waals surface area contributed by atoms with Crippen LogP contribution in [0.3, 0.4) is 0 Å². The van der Waals surface area contributed by atoms with Crippen molar-refractivity contribution in [2.45, 2.75) is 53.6 Å². The molecule has 0 saturated carbocycles. The van der Waals surface area contributed by atoms with Crippen LogP contribution in [0.1, 0.15) is 47.5 Å². The highest BCUT2D eigenvalue weighted by atomic mass is 16.3. The molecule has 1 fully saturated rings. The van der Waals surface area contributed by atoms with E-state index in [1.54, 1.807) is 11.8 Å². The number of likely N-dealkylation sites (tertiary alicyclic amines) is 1. The van der Waals surface area contributed by atoms with Crippen molar-refractivity contribution in [3.63, 3.8) is 0 Å². The highest BCUT2D eigenvalue weighted by molar-refractivity contribution is 5.73. The second kappa shape index (κ2) is 10.5. The van der Waals surface area contributed by atoms with E-state index in [9.17, 15) is 4.79 Å². The Hall–Kier alpha value is -0.570. The van der Waals surface area contributed by atoms with Crippen molar-refractivity contribution in [2.75, 3.05) is 13.1 Å². The number of aliphatic hydroxyl groups is 1. The van der Waals surface area contributed by atoms with Gasteiger partial charge in [-0.2, -0.15) is 0 Å². The van der Waals surface area contributed by atoms with Crippen molar-refractivity contribution >= 4 is 5.91 Å². The van der Waals surface area contributed by atoms with E-state index < -0.39 is 0 Å². The summed E-state index contributed by atoms with van der Waals surface area (Å²) in [6.45, 7) is 11.0. The van der Waals surface area contributed by atoms with Gasteiger partial charge in [-0.3, -0.25) is 4.79 Å². The molecule has 1 N–H and O–H groups in total. The lowest BCUT2D eigenvalue weighted by molar-refractivity contribution is -0.130. The Morgan fingerprint density at radius 1 is 1.14 bits per heavy atom. The summed E-state index contributed by atoms with van der Waals surface area (Å²) in [4.78, 5) is 12.5. The molecule has 1 rings (SSSR count). The zero-order chi connectivity index (χ0) is 11.6. The SMILES string of the molecule is CC.CC.CC(=O)N1CCC(O)CC1. The second-order valence-electron chi connectivity index (χ2n) is 2.74. The molecule has 0 aromatic carbocycles. The van der Waals surface area contributed by atoms with E-state index in [1.807, 2.05) is 27.7 Å². The van der Waals surface area contributed by atoms with Crippen LogP contribution < -0.4 is 0 Å². The molecule has 0 bridgehead atoms. The van der Waals surface area contributed by atoms with Crippen molar-refractivity contribution in [1.29, 1.82) is 0 Å². The third-order valence-corrected chi connectivity index (χ3v) is 1.91. The van der Waals surface area contributed by atoms with Crippen LogP contribution in [-0.4, -0.2) is 35.1 Å². The minimum absolute atomic E-state index is 0.118. The Balaban J connectivity index is 0. The summed E-state index contributed by atoms with van der Waals surface area (Å²) in [6, 6.07) is 0. The molecule has 1 heterocycles. The summed E-state index contributed by atoms with van der Waals surface area (Å²) in [6.07, 6.45) is 1.29. The van der Waals surface area contributed by atoms with Gasteiger partial charge in [0.25, 0.3) is 0 Å². The molecule has 1 saturated heterocycles. The number of hydrogen-bond donors (Lipinski definition) is 1. The molecule has 0 aromatic heterocycles. The zero-order valence-corrected chi connectivity index (χ0v) is 10.2. The van der Waals surface area contributed by atoms with Crippen LogP contribution in [0.25, 0.3) is 0 Å². The molecular weight excluding hydrogens is 178 g/mol. The van der Waals surface area contributed by atoms with Gasteiger partial charge in [-0.25, -0.2) is 0 Å². The number of hydrogen-bond acceptors (Lipinski definition) is 2. The zero-order valence-electron chi connectivity index (χ0n) is 10.2. The lowest BCUT2D eigenvalue weighted by Crippen LogP contribution is -2.38. The predicted molar refractivity (Wildman–Crippen MR) is 60.2 cm³/mol. The average Bonchev–Trinajstić information content (AvgIpc) is 2.24. The number of carbonyl (C=O) groups is 1. The number of piperidine rings is 1. The van der Waals surface area contributed by atoms with Gasteiger partial charge in [-0.15, -0.1) is 0 Å². The number of nitrogens with zero attached hydrogens (tertiary/aromatic N) is 1. The molecule has 14 heavy (non-hydrogen) atoms. The van der Waals surface area contributed by atoms with E-state index in [1.165, 1.54) is 0 Å². The standard InChI is InChI=1S/C7H13NO2.2C2H6/c1-6(9)8-4-2-7(10)3-5-8;2*1-2/h7,10H,2-5H2,1H3;2*1-2H3. The lowest BCUT2D eigenvalue weighted by Gasteiger charge is -2.28. The Kier molecular flexibility index (Phi) is 11.9. The van der Waals surface area contributed by atoms with E-state index in [2.05, 4.69) is 0 Å². The molecule has 3 nitrogen and oxygen atoms in total. The van der Waals surface area contributed by atoms with Gasteiger partial charge in [0.2, 0.25) is 5.91 Å². The summed E-state index contributed by atoms with van der Waals surface area (Å²) >= 11 is 0. The molecule has 3 heteroatoms. The first-order valence-corrected chi connectivity index (χ1v) is 5.63. The quantitative estimate of drug-likeness (QED) is 0.654. The summed E-state index contributed by atoms with van der Waals surface area (Å²) in [5, 5.41) is 9.07. The van der Waals surface area contributed by atoms with Crippen molar-refractivity contribution in [3.8, 4) is 0 Å².